The summed E-state index contributed by atoms with van der Waals surface area (Å²) in [7, 11) is 3.14. The molecule has 1 aromatic carbocycles. The first-order valence-electron chi connectivity index (χ1n) is 8.15. The van der Waals surface area contributed by atoms with Crippen molar-refractivity contribution in [1.29, 1.82) is 0 Å². The van der Waals surface area contributed by atoms with Crippen LogP contribution >= 0.6 is 24.0 Å². The van der Waals surface area contributed by atoms with Crippen molar-refractivity contribution < 1.29 is 24.2 Å². The standard InChI is InChI=1S/C18H21NO5S2/c1-23-13-8-7-12(14(11-13)24-2)10-15-17(22)19(18(25)26-15)9-5-3-4-6-16(20)21/h7-8,10-11H,3-6,9H2,1-2H3,(H,20,21)/b15-10+. The first-order chi connectivity index (χ1) is 12.5. The fraction of sp³-hybridized carbons (Fsp3) is 0.389. The van der Waals surface area contributed by atoms with Crippen LogP contribution in [0.3, 0.4) is 0 Å². The number of carbonyl (C=O) groups is 2. The number of nitrogens with zero attached hydrogens (tertiary/aromatic N) is 1. The van der Waals surface area contributed by atoms with Crippen LogP contribution in [0.4, 0.5) is 0 Å². The van der Waals surface area contributed by atoms with Gasteiger partial charge in [-0.05, 0) is 31.1 Å². The van der Waals surface area contributed by atoms with Crippen LogP contribution in [0.25, 0.3) is 6.08 Å². The molecule has 0 aliphatic carbocycles. The number of carboxylic acids is 1. The Bertz CT molecular complexity index is 732. The van der Waals surface area contributed by atoms with Crippen LogP contribution in [-0.2, 0) is 9.59 Å². The molecule has 0 unspecified atom stereocenters. The molecule has 0 radical (unpaired) electrons. The lowest BCUT2D eigenvalue weighted by Crippen LogP contribution is -2.29. The summed E-state index contributed by atoms with van der Waals surface area (Å²) in [5.41, 5.74) is 0.773. The number of thiocarbonyl (C=S) groups is 1. The normalized spacial score (nSPS) is 15.6. The number of carbonyl (C=O) groups excluding carboxylic acids is 1. The highest BCUT2D eigenvalue weighted by molar-refractivity contribution is 8.26. The number of hydrogen-bond donors (Lipinski definition) is 1. The number of methoxy groups -OCH3 is 2. The second-order valence-corrected chi connectivity index (χ2v) is 7.32. The minimum Gasteiger partial charge on any atom is -0.497 e. The fourth-order valence-electron chi connectivity index (χ4n) is 2.49. The SMILES string of the molecule is COc1ccc(/C=C2/SC(=S)N(CCCCCC(=O)O)C2=O)c(OC)c1. The molecule has 0 atom stereocenters. The van der Waals surface area contributed by atoms with Gasteiger partial charge in [0.25, 0.3) is 5.91 Å². The smallest absolute Gasteiger partial charge is 0.303 e. The summed E-state index contributed by atoms with van der Waals surface area (Å²) in [6, 6.07) is 5.39. The second-order valence-electron chi connectivity index (χ2n) is 5.65. The van der Waals surface area contributed by atoms with E-state index in [1.165, 1.54) is 11.8 Å². The molecule has 1 heterocycles. The van der Waals surface area contributed by atoms with E-state index in [9.17, 15) is 9.59 Å². The molecule has 140 valence electrons. The lowest BCUT2D eigenvalue weighted by molar-refractivity contribution is -0.137. The maximum absolute atomic E-state index is 12.6. The van der Waals surface area contributed by atoms with Gasteiger partial charge in [-0.15, -0.1) is 0 Å². The van der Waals surface area contributed by atoms with E-state index in [0.717, 1.165) is 18.4 Å². The number of aliphatic carboxylic acids is 1. The summed E-state index contributed by atoms with van der Waals surface area (Å²) in [6.45, 7) is 0.501. The van der Waals surface area contributed by atoms with Crippen LogP contribution in [0.5, 0.6) is 11.5 Å². The first kappa shape index (κ1) is 20.3. The third kappa shape index (κ3) is 5.22. The summed E-state index contributed by atoms with van der Waals surface area (Å²) in [5.74, 6) is 0.360. The zero-order valence-corrected chi connectivity index (χ0v) is 16.3. The molecule has 0 bridgehead atoms. The molecular formula is C18H21NO5S2. The van der Waals surface area contributed by atoms with E-state index in [4.69, 9.17) is 26.8 Å². The maximum atomic E-state index is 12.6. The topological polar surface area (TPSA) is 76.1 Å². The van der Waals surface area contributed by atoms with Gasteiger partial charge in [-0.3, -0.25) is 14.5 Å². The average Bonchev–Trinajstić information content (AvgIpc) is 2.88. The van der Waals surface area contributed by atoms with Crippen molar-refractivity contribution in [1.82, 2.24) is 4.90 Å². The summed E-state index contributed by atoms with van der Waals surface area (Å²) in [6.07, 6.45) is 3.98. The van der Waals surface area contributed by atoms with E-state index in [-0.39, 0.29) is 12.3 Å². The number of hydrogen-bond acceptors (Lipinski definition) is 6. The molecule has 6 nitrogen and oxygen atoms in total. The number of thioether (sulfide) groups is 1. The molecule has 2 rings (SSSR count). The quantitative estimate of drug-likeness (QED) is 0.389. The van der Waals surface area contributed by atoms with Crippen LogP contribution in [0.2, 0.25) is 0 Å². The van der Waals surface area contributed by atoms with Crippen molar-refractivity contribution in [3.05, 3.63) is 28.7 Å². The fourth-order valence-corrected chi connectivity index (χ4v) is 3.79. The Morgan fingerprint density at radius 1 is 1.27 bits per heavy atom. The zero-order chi connectivity index (χ0) is 19.1. The van der Waals surface area contributed by atoms with Gasteiger partial charge in [0, 0.05) is 24.6 Å². The highest BCUT2D eigenvalue weighted by Gasteiger charge is 2.31. The van der Waals surface area contributed by atoms with E-state index in [1.54, 1.807) is 37.3 Å². The summed E-state index contributed by atoms with van der Waals surface area (Å²) in [4.78, 5) is 25.2. The predicted octanol–water partition coefficient (Wildman–Crippen LogP) is 3.55. The minimum atomic E-state index is -0.799. The molecule has 1 amide bonds. The van der Waals surface area contributed by atoms with E-state index in [1.807, 2.05) is 6.07 Å². The number of amides is 1. The van der Waals surface area contributed by atoms with E-state index < -0.39 is 5.97 Å². The number of rotatable bonds is 9. The lowest BCUT2D eigenvalue weighted by atomic mass is 10.1. The van der Waals surface area contributed by atoms with Crippen molar-refractivity contribution in [2.45, 2.75) is 25.7 Å². The van der Waals surface area contributed by atoms with Crippen molar-refractivity contribution in [3.8, 4) is 11.5 Å². The third-order valence-electron chi connectivity index (χ3n) is 3.87. The minimum absolute atomic E-state index is 0.129. The molecule has 1 saturated heterocycles. The molecule has 0 aromatic heterocycles. The van der Waals surface area contributed by atoms with E-state index >= 15 is 0 Å². The predicted molar refractivity (Wildman–Crippen MR) is 106 cm³/mol. The number of unbranched alkanes of at least 4 members (excludes halogenated alkanes) is 2. The summed E-state index contributed by atoms with van der Waals surface area (Å²) < 4.78 is 11.1. The zero-order valence-electron chi connectivity index (χ0n) is 14.7. The molecule has 0 saturated carbocycles. The van der Waals surface area contributed by atoms with Crippen LogP contribution in [0.1, 0.15) is 31.2 Å². The van der Waals surface area contributed by atoms with Crippen molar-refractivity contribution >= 4 is 46.3 Å². The molecule has 26 heavy (non-hydrogen) atoms. The Morgan fingerprint density at radius 2 is 2.04 bits per heavy atom. The van der Waals surface area contributed by atoms with Gasteiger partial charge < -0.3 is 14.6 Å². The Labute approximate surface area is 162 Å². The Balaban J connectivity index is 2.03. The number of carboxylic acid groups (broad SMARTS) is 1. The number of ether oxygens (including phenoxy) is 2. The Morgan fingerprint density at radius 3 is 2.69 bits per heavy atom. The van der Waals surface area contributed by atoms with Gasteiger partial charge in [-0.1, -0.05) is 30.4 Å². The van der Waals surface area contributed by atoms with Gasteiger partial charge in [-0.25, -0.2) is 0 Å². The molecule has 1 aromatic rings. The molecule has 1 aliphatic heterocycles. The van der Waals surface area contributed by atoms with Gasteiger partial charge in [0.1, 0.15) is 15.8 Å². The lowest BCUT2D eigenvalue weighted by Gasteiger charge is -2.13. The Hall–Kier alpha value is -2.06. The first-order valence-corrected chi connectivity index (χ1v) is 9.38. The largest absolute Gasteiger partial charge is 0.497 e. The van der Waals surface area contributed by atoms with Crippen LogP contribution < -0.4 is 9.47 Å². The average molecular weight is 396 g/mol. The summed E-state index contributed by atoms with van der Waals surface area (Å²) in [5, 5.41) is 8.64. The van der Waals surface area contributed by atoms with Crippen LogP contribution in [-0.4, -0.2) is 47.0 Å². The van der Waals surface area contributed by atoms with Gasteiger partial charge in [0.15, 0.2) is 0 Å². The molecule has 1 aliphatic rings. The highest BCUT2D eigenvalue weighted by atomic mass is 32.2. The maximum Gasteiger partial charge on any atom is 0.303 e. The monoisotopic (exact) mass is 395 g/mol. The van der Waals surface area contributed by atoms with Crippen LogP contribution in [0.15, 0.2) is 23.1 Å². The molecule has 1 fully saturated rings. The summed E-state index contributed by atoms with van der Waals surface area (Å²) >= 11 is 6.58. The van der Waals surface area contributed by atoms with Crippen molar-refractivity contribution in [2.24, 2.45) is 0 Å². The highest BCUT2D eigenvalue weighted by Crippen LogP contribution is 2.35. The van der Waals surface area contributed by atoms with Gasteiger partial charge in [0.2, 0.25) is 0 Å². The molecule has 1 N–H and O–H groups in total. The number of benzene rings is 1. The second kappa shape index (κ2) is 9.59. The van der Waals surface area contributed by atoms with Gasteiger partial charge in [-0.2, -0.15) is 0 Å². The van der Waals surface area contributed by atoms with Gasteiger partial charge >= 0.3 is 5.97 Å². The van der Waals surface area contributed by atoms with Crippen molar-refractivity contribution in [3.63, 3.8) is 0 Å². The molecule has 0 spiro atoms. The molecular weight excluding hydrogens is 374 g/mol. The third-order valence-corrected chi connectivity index (χ3v) is 5.25. The molecule has 8 heteroatoms. The van der Waals surface area contributed by atoms with E-state index in [0.29, 0.717) is 33.7 Å². The van der Waals surface area contributed by atoms with E-state index in [2.05, 4.69) is 0 Å². The van der Waals surface area contributed by atoms with Crippen LogP contribution in [0, 0.1) is 0 Å². The van der Waals surface area contributed by atoms with Crippen molar-refractivity contribution in [2.75, 3.05) is 20.8 Å². The Kier molecular flexibility index (Phi) is 7.47. The van der Waals surface area contributed by atoms with Gasteiger partial charge in [0.05, 0.1) is 19.1 Å².